The first-order valence-electron chi connectivity index (χ1n) is 9.15. The van der Waals surface area contributed by atoms with Crippen LogP contribution in [0.25, 0.3) is 21.1 Å². The van der Waals surface area contributed by atoms with E-state index in [4.69, 9.17) is 5.73 Å². The van der Waals surface area contributed by atoms with E-state index in [1.165, 1.54) is 34.8 Å². The van der Waals surface area contributed by atoms with Crippen molar-refractivity contribution in [3.05, 3.63) is 59.5 Å². The first-order chi connectivity index (χ1) is 14.7. The average molecular weight is 462 g/mol. The van der Waals surface area contributed by atoms with Gasteiger partial charge < -0.3 is 16.0 Å². The van der Waals surface area contributed by atoms with E-state index in [1.54, 1.807) is 5.38 Å². The molecule has 0 saturated carbocycles. The molecule has 0 spiro atoms. The number of hydrogen-bond donors (Lipinski definition) is 2. The molecule has 10 heteroatoms. The quantitative estimate of drug-likeness (QED) is 0.363. The third-order valence-electron chi connectivity index (χ3n) is 4.49. The van der Waals surface area contributed by atoms with E-state index in [2.05, 4.69) is 15.3 Å². The number of nitrogens with zero attached hydrogens (tertiary/aromatic N) is 3. The van der Waals surface area contributed by atoms with E-state index < -0.39 is 11.7 Å². The summed E-state index contributed by atoms with van der Waals surface area (Å²) in [6.45, 7) is 0. The lowest BCUT2D eigenvalue weighted by molar-refractivity contribution is -0.137. The number of nitrogens with two attached hydrogens (primary N) is 1. The van der Waals surface area contributed by atoms with Gasteiger partial charge in [0.2, 0.25) is 0 Å². The number of benzene rings is 2. The van der Waals surface area contributed by atoms with Gasteiger partial charge >= 0.3 is 6.18 Å². The molecule has 2 heterocycles. The lowest BCUT2D eigenvalue weighted by Crippen LogP contribution is -2.08. The SMILES string of the molecule is CN(C)c1ccc(Nc2nc(N)c(-c3nc(-c4ccc(C(F)(F)F)cc4)cs3)s2)cc1. The predicted molar refractivity (Wildman–Crippen MR) is 122 cm³/mol. The summed E-state index contributed by atoms with van der Waals surface area (Å²) in [4.78, 5) is 11.7. The first-order valence-corrected chi connectivity index (χ1v) is 10.8. The van der Waals surface area contributed by atoms with Crippen molar-refractivity contribution in [2.75, 3.05) is 30.0 Å². The molecule has 0 unspecified atom stereocenters. The standard InChI is InChI=1S/C21H18F3N5S2/c1-29(2)15-9-7-14(8-10-15)26-20-28-18(25)17(31-20)19-27-16(11-30-19)12-3-5-13(6-4-12)21(22,23)24/h3-11H,25H2,1-2H3,(H,26,28). The zero-order chi connectivity index (χ0) is 22.2. The normalized spacial score (nSPS) is 11.5. The summed E-state index contributed by atoms with van der Waals surface area (Å²) in [5.41, 5.74) is 8.59. The first kappa shape index (κ1) is 21.1. The van der Waals surface area contributed by atoms with Crippen molar-refractivity contribution in [2.45, 2.75) is 6.18 Å². The van der Waals surface area contributed by atoms with Crippen molar-refractivity contribution in [1.82, 2.24) is 9.97 Å². The summed E-state index contributed by atoms with van der Waals surface area (Å²) in [6, 6.07) is 12.9. The fourth-order valence-electron chi connectivity index (χ4n) is 2.85. The maximum atomic E-state index is 12.8. The van der Waals surface area contributed by atoms with Crippen LogP contribution in [0.1, 0.15) is 5.56 Å². The summed E-state index contributed by atoms with van der Waals surface area (Å²) in [5.74, 6) is 0.353. The Morgan fingerprint density at radius 3 is 2.26 bits per heavy atom. The summed E-state index contributed by atoms with van der Waals surface area (Å²) in [5, 5.41) is 6.34. The minimum absolute atomic E-state index is 0.353. The fraction of sp³-hybridized carbons (Fsp3) is 0.143. The summed E-state index contributed by atoms with van der Waals surface area (Å²) >= 11 is 2.74. The van der Waals surface area contributed by atoms with Crippen molar-refractivity contribution >= 4 is 45.0 Å². The van der Waals surface area contributed by atoms with Gasteiger partial charge in [-0.25, -0.2) is 9.97 Å². The monoisotopic (exact) mass is 461 g/mol. The predicted octanol–water partition coefficient (Wildman–Crippen LogP) is 6.34. The Hall–Kier alpha value is -3.11. The number of nitrogens with one attached hydrogen (secondary N) is 1. The van der Waals surface area contributed by atoms with E-state index >= 15 is 0 Å². The Morgan fingerprint density at radius 2 is 1.65 bits per heavy atom. The highest BCUT2D eigenvalue weighted by atomic mass is 32.1. The van der Waals surface area contributed by atoms with Gasteiger partial charge in [0.25, 0.3) is 0 Å². The van der Waals surface area contributed by atoms with Gasteiger partial charge in [0.05, 0.1) is 11.3 Å². The average Bonchev–Trinajstić information content (AvgIpc) is 3.34. The van der Waals surface area contributed by atoms with Gasteiger partial charge in [0.15, 0.2) is 5.13 Å². The van der Waals surface area contributed by atoms with Crippen molar-refractivity contribution < 1.29 is 13.2 Å². The molecule has 0 saturated heterocycles. The Balaban J connectivity index is 1.53. The van der Waals surface area contributed by atoms with Crippen LogP contribution in [0.4, 0.5) is 35.5 Å². The smallest absolute Gasteiger partial charge is 0.382 e. The second-order valence-corrected chi connectivity index (χ2v) is 8.77. The molecule has 0 fully saturated rings. The van der Waals surface area contributed by atoms with Gasteiger partial charge in [0.1, 0.15) is 15.7 Å². The van der Waals surface area contributed by atoms with Crippen LogP contribution in [0.5, 0.6) is 0 Å². The second-order valence-electron chi connectivity index (χ2n) is 6.91. The molecule has 0 aliphatic heterocycles. The van der Waals surface area contributed by atoms with Crippen LogP contribution < -0.4 is 16.0 Å². The number of nitrogen functional groups attached to an aromatic ring is 1. The van der Waals surface area contributed by atoms with E-state index in [1.807, 2.05) is 43.3 Å². The van der Waals surface area contributed by atoms with Crippen molar-refractivity contribution in [3.63, 3.8) is 0 Å². The third kappa shape index (κ3) is 4.64. The Bertz CT molecular complexity index is 1180. The number of halogens is 3. The van der Waals surface area contributed by atoms with Crippen LogP contribution in [-0.2, 0) is 6.18 Å². The van der Waals surface area contributed by atoms with Crippen LogP contribution in [0.3, 0.4) is 0 Å². The molecule has 2 aromatic heterocycles. The second kappa shape index (κ2) is 8.20. The minimum Gasteiger partial charge on any atom is -0.382 e. The maximum absolute atomic E-state index is 12.8. The summed E-state index contributed by atoms with van der Waals surface area (Å²) in [6.07, 6.45) is -4.36. The zero-order valence-corrected chi connectivity index (χ0v) is 18.2. The molecule has 4 rings (SSSR count). The highest BCUT2D eigenvalue weighted by molar-refractivity contribution is 7.23. The van der Waals surface area contributed by atoms with Gasteiger partial charge in [-0.05, 0) is 36.4 Å². The van der Waals surface area contributed by atoms with Crippen LogP contribution in [-0.4, -0.2) is 24.1 Å². The molecule has 4 aromatic rings. The molecule has 0 aliphatic carbocycles. The highest BCUT2D eigenvalue weighted by Crippen LogP contribution is 2.39. The number of aromatic nitrogens is 2. The molecule has 160 valence electrons. The third-order valence-corrected chi connectivity index (χ3v) is 6.48. The molecule has 3 N–H and O–H groups in total. The highest BCUT2D eigenvalue weighted by Gasteiger charge is 2.30. The lowest BCUT2D eigenvalue weighted by Gasteiger charge is -2.12. The molecule has 0 aliphatic rings. The van der Waals surface area contributed by atoms with Gasteiger partial charge in [-0.15, -0.1) is 11.3 Å². The van der Waals surface area contributed by atoms with Gasteiger partial charge in [0, 0.05) is 36.4 Å². The maximum Gasteiger partial charge on any atom is 0.416 e. The molecule has 0 bridgehead atoms. The van der Waals surface area contributed by atoms with Crippen LogP contribution in [0.2, 0.25) is 0 Å². The summed E-state index contributed by atoms with van der Waals surface area (Å²) in [7, 11) is 3.95. The van der Waals surface area contributed by atoms with Crippen LogP contribution in [0.15, 0.2) is 53.9 Å². The van der Waals surface area contributed by atoms with E-state index in [0.717, 1.165) is 28.4 Å². The topological polar surface area (TPSA) is 67.1 Å². The molecule has 2 aromatic carbocycles. The largest absolute Gasteiger partial charge is 0.416 e. The number of alkyl halides is 3. The lowest BCUT2D eigenvalue weighted by atomic mass is 10.1. The summed E-state index contributed by atoms with van der Waals surface area (Å²) < 4.78 is 38.3. The van der Waals surface area contributed by atoms with Gasteiger partial charge in [-0.1, -0.05) is 23.5 Å². The Kier molecular flexibility index (Phi) is 5.59. The number of rotatable bonds is 5. The zero-order valence-electron chi connectivity index (χ0n) is 16.6. The minimum atomic E-state index is -4.36. The fourth-order valence-corrected chi connectivity index (χ4v) is 4.68. The van der Waals surface area contributed by atoms with Gasteiger partial charge in [-0.3, -0.25) is 0 Å². The molecule has 5 nitrogen and oxygen atoms in total. The molecular weight excluding hydrogens is 443 g/mol. The molecular formula is C21H18F3N5S2. The van der Waals surface area contributed by atoms with E-state index in [0.29, 0.717) is 27.2 Å². The Morgan fingerprint density at radius 1 is 0.968 bits per heavy atom. The van der Waals surface area contributed by atoms with Crippen molar-refractivity contribution in [3.8, 4) is 21.1 Å². The van der Waals surface area contributed by atoms with Crippen LogP contribution >= 0.6 is 22.7 Å². The van der Waals surface area contributed by atoms with E-state index in [-0.39, 0.29) is 0 Å². The van der Waals surface area contributed by atoms with Crippen molar-refractivity contribution in [2.24, 2.45) is 0 Å². The van der Waals surface area contributed by atoms with Crippen LogP contribution in [0, 0.1) is 0 Å². The molecule has 0 amide bonds. The molecule has 0 atom stereocenters. The molecule has 31 heavy (non-hydrogen) atoms. The molecule has 0 radical (unpaired) electrons. The van der Waals surface area contributed by atoms with Gasteiger partial charge in [-0.2, -0.15) is 13.2 Å². The Labute approximate surface area is 185 Å². The van der Waals surface area contributed by atoms with E-state index in [9.17, 15) is 13.2 Å². The number of thiazole rings is 2. The van der Waals surface area contributed by atoms with Crippen molar-refractivity contribution in [1.29, 1.82) is 0 Å². The number of anilines is 4. The number of hydrogen-bond acceptors (Lipinski definition) is 7.